The Labute approximate surface area is 113 Å². The van der Waals surface area contributed by atoms with Gasteiger partial charge in [-0.05, 0) is 46.1 Å². The summed E-state index contributed by atoms with van der Waals surface area (Å²) in [7, 11) is 2.26. The molecule has 1 aliphatic carbocycles. The van der Waals surface area contributed by atoms with Gasteiger partial charge in [0.05, 0.1) is 0 Å². The normalized spacial score (nSPS) is 43.5. The van der Waals surface area contributed by atoms with Crippen molar-refractivity contribution in [2.45, 2.75) is 64.1 Å². The molecular formula is C15H31N3. The number of hydrogen-bond acceptors (Lipinski definition) is 3. The van der Waals surface area contributed by atoms with E-state index in [1.54, 1.807) is 0 Å². The first-order valence-electron chi connectivity index (χ1n) is 7.69. The quantitative estimate of drug-likeness (QED) is 0.834. The molecule has 1 saturated carbocycles. The van der Waals surface area contributed by atoms with Gasteiger partial charge in [-0.2, -0.15) is 0 Å². The van der Waals surface area contributed by atoms with E-state index in [2.05, 4.69) is 37.6 Å². The van der Waals surface area contributed by atoms with Crippen molar-refractivity contribution < 1.29 is 0 Å². The van der Waals surface area contributed by atoms with Gasteiger partial charge in [-0.25, -0.2) is 0 Å². The third-order valence-electron chi connectivity index (χ3n) is 5.67. The van der Waals surface area contributed by atoms with Gasteiger partial charge < -0.3 is 5.73 Å². The van der Waals surface area contributed by atoms with E-state index in [4.69, 9.17) is 5.73 Å². The topological polar surface area (TPSA) is 32.5 Å². The van der Waals surface area contributed by atoms with Gasteiger partial charge >= 0.3 is 0 Å². The van der Waals surface area contributed by atoms with Crippen molar-refractivity contribution in [3.8, 4) is 0 Å². The van der Waals surface area contributed by atoms with Gasteiger partial charge in [0, 0.05) is 37.3 Å². The van der Waals surface area contributed by atoms with Crippen molar-refractivity contribution in [1.82, 2.24) is 9.80 Å². The zero-order valence-corrected chi connectivity index (χ0v) is 12.7. The van der Waals surface area contributed by atoms with Crippen LogP contribution in [0.4, 0.5) is 0 Å². The van der Waals surface area contributed by atoms with Gasteiger partial charge in [-0.1, -0.05) is 13.3 Å². The third kappa shape index (κ3) is 2.45. The highest BCUT2D eigenvalue weighted by atomic mass is 15.3. The van der Waals surface area contributed by atoms with Gasteiger partial charge in [-0.3, -0.25) is 9.80 Å². The van der Waals surface area contributed by atoms with Crippen LogP contribution in [0, 0.1) is 5.92 Å². The zero-order chi connectivity index (χ0) is 13.3. The van der Waals surface area contributed by atoms with E-state index in [1.807, 2.05) is 0 Å². The molecule has 2 N–H and O–H groups in total. The molecule has 4 unspecified atom stereocenters. The predicted molar refractivity (Wildman–Crippen MR) is 77.7 cm³/mol. The second kappa shape index (κ2) is 5.48. The first kappa shape index (κ1) is 14.3. The maximum atomic E-state index is 6.19. The molecule has 3 heteroatoms. The smallest absolute Gasteiger partial charge is 0.0335 e. The summed E-state index contributed by atoms with van der Waals surface area (Å²) in [4.78, 5) is 5.23. The minimum atomic E-state index is 0.310. The molecule has 2 fully saturated rings. The Kier molecular flexibility index (Phi) is 4.35. The monoisotopic (exact) mass is 253 g/mol. The highest BCUT2D eigenvalue weighted by molar-refractivity contribution is 5.02. The lowest BCUT2D eigenvalue weighted by Gasteiger charge is -2.50. The van der Waals surface area contributed by atoms with Crippen LogP contribution in [0.3, 0.4) is 0 Å². The summed E-state index contributed by atoms with van der Waals surface area (Å²) in [5.74, 6) is 0.902. The highest BCUT2D eigenvalue weighted by Gasteiger charge is 2.44. The van der Waals surface area contributed by atoms with Crippen molar-refractivity contribution in [3.63, 3.8) is 0 Å². The minimum Gasteiger partial charge on any atom is -0.329 e. The fraction of sp³-hybridized carbons (Fsp3) is 1.00. The summed E-state index contributed by atoms with van der Waals surface area (Å²) >= 11 is 0. The fourth-order valence-electron chi connectivity index (χ4n) is 3.96. The van der Waals surface area contributed by atoms with Gasteiger partial charge in [-0.15, -0.1) is 0 Å². The van der Waals surface area contributed by atoms with Gasteiger partial charge in [0.15, 0.2) is 0 Å². The van der Waals surface area contributed by atoms with Crippen molar-refractivity contribution >= 4 is 0 Å². The number of nitrogens with zero attached hydrogens (tertiary/aromatic N) is 2. The molecular weight excluding hydrogens is 222 g/mol. The van der Waals surface area contributed by atoms with Crippen LogP contribution < -0.4 is 5.73 Å². The van der Waals surface area contributed by atoms with Crippen LogP contribution in [0.15, 0.2) is 0 Å². The van der Waals surface area contributed by atoms with E-state index in [-0.39, 0.29) is 0 Å². The number of piperazine rings is 1. The van der Waals surface area contributed by atoms with Gasteiger partial charge in [0.25, 0.3) is 0 Å². The molecule has 0 bridgehead atoms. The van der Waals surface area contributed by atoms with Crippen molar-refractivity contribution in [2.24, 2.45) is 11.7 Å². The Hall–Kier alpha value is -0.120. The number of rotatable bonds is 3. The van der Waals surface area contributed by atoms with Crippen LogP contribution in [-0.4, -0.2) is 54.1 Å². The fourth-order valence-corrected chi connectivity index (χ4v) is 3.96. The van der Waals surface area contributed by atoms with Crippen molar-refractivity contribution in [1.29, 1.82) is 0 Å². The summed E-state index contributed by atoms with van der Waals surface area (Å²) in [5.41, 5.74) is 6.50. The molecule has 0 aromatic rings. The summed E-state index contributed by atoms with van der Waals surface area (Å²) in [6.07, 6.45) is 5.33. The Balaban J connectivity index is 2.09. The summed E-state index contributed by atoms with van der Waals surface area (Å²) in [5, 5.41) is 0. The molecule has 0 amide bonds. The average Bonchev–Trinajstić information content (AvgIpc) is 2.80. The van der Waals surface area contributed by atoms with E-state index in [0.29, 0.717) is 17.6 Å². The van der Waals surface area contributed by atoms with Crippen LogP contribution >= 0.6 is 0 Å². The Morgan fingerprint density at radius 2 is 1.83 bits per heavy atom. The maximum Gasteiger partial charge on any atom is 0.0335 e. The van der Waals surface area contributed by atoms with E-state index in [9.17, 15) is 0 Å². The average molecular weight is 253 g/mol. The second-order valence-corrected chi connectivity index (χ2v) is 6.71. The molecule has 0 spiro atoms. The van der Waals surface area contributed by atoms with Crippen LogP contribution in [0.1, 0.15) is 46.5 Å². The Morgan fingerprint density at radius 3 is 2.28 bits per heavy atom. The molecule has 2 aliphatic rings. The first-order valence-corrected chi connectivity index (χ1v) is 7.69. The van der Waals surface area contributed by atoms with Crippen LogP contribution in [-0.2, 0) is 0 Å². The number of nitrogens with two attached hydrogens (primary N) is 1. The van der Waals surface area contributed by atoms with E-state index in [1.165, 1.54) is 38.8 Å². The van der Waals surface area contributed by atoms with Gasteiger partial charge in [0.1, 0.15) is 0 Å². The molecule has 0 radical (unpaired) electrons. The standard InChI is InChI=1S/C15H31N3/c1-5-14-6-7-15(8-14,11-16)18-9-12(2)17(4)13(3)10-18/h12-14H,5-11,16H2,1-4H3. The van der Waals surface area contributed by atoms with E-state index >= 15 is 0 Å². The molecule has 1 heterocycles. The van der Waals surface area contributed by atoms with Crippen molar-refractivity contribution in [3.05, 3.63) is 0 Å². The zero-order valence-electron chi connectivity index (χ0n) is 12.7. The second-order valence-electron chi connectivity index (χ2n) is 6.71. The third-order valence-corrected chi connectivity index (χ3v) is 5.67. The highest BCUT2D eigenvalue weighted by Crippen LogP contribution is 2.41. The molecule has 0 aromatic carbocycles. The maximum absolute atomic E-state index is 6.19. The molecule has 1 saturated heterocycles. The van der Waals surface area contributed by atoms with E-state index in [0.717, 1.165) is 12.5 Å². The van der Waals surface area contributed by atoms with Crippen LogP contribution in [0.5, 0.6) is 0 Å². The largest absolute Gasteiger partial charge is 0.329 e. The molecule has 18 heavy (non-hydrogen) atoms. The lowest BCUT2D eigenvalue weighted by molar-refractivity contribution is -0.00890. The molecule has 2 rings (SSSR count). The molecule has 1 aliphatic heterocycles. The van der Waals surface area contributed by atoms with Gasteiger partial charge in [0.2, 0.25) is 0 Å². The van der Waals surface area contributed by atoms with E-state index < -0.39 is 0 Å². The molecule has 3 nitrogen and oxygen atoms in total. The van der Waals surface area contributed by atoms with Crippen LogP contribution in [0.25, 0.3) is 0 Å². The summed E-state index contributed by atoms with van der Waals surface area (Å²) in [6, 6.07) is 1.30. The number of likely N-dealkylation sites (N-methyl/N-ethyl adjacent to an activating group) is 1. The molecule has 106 valence electrons. The van der Waals surface area contributed by atoms with Crippen molar-refractivity contribution in [2.75, 3.05) is 26.7 Å². The SMILES string of the molecule is CCC1CCC(CN)(N2CC(C)N(C)C(C)C2)C1. The predicted octanol–water partition coefficient (Wildman–Crippen LogP) is 1.92. The number of hydrogen-bond donors (Lipinski definition) is 1. The molecule has 0 aromatic heterocycles. The summed E-state index contributed by atoms with van der Waals surface area (Å²) in [6.45, 7) is 10.2. The first-order chi connectivity index (χ1) is 8.52. The lowest BCUT2D eigenvalue weighted by Crippen LogP contribution is -2.63. The summed E-state index contributed by atoms with van der Waals surface area (Å²) < 4.78 is 0. The molecule has 4 atom stereocenters. The minimum absolute atomic E-state index is 0.310. The Morgan fingerprint density at radius 1 is 1.22 bits per heavy atom. The van der Waals surface area contributed by atoms with Crippen LogP contribution in [0.2, 0.25) is 0 Å². The lowest BCUT2D eigenvalue weighted by atomic mass is 9.90. The Bertz CT molecular complexity index is 269.